The van der Waals surface area contributed by atoms with E-state index in [1.165, 1.54) is 16.4 Å². The van der Waals surface area contributed by atoms with Crippen molar-refractivity contribution < 1.29 is 17.6 Å². The fourth-order valence-electron chi connectivity index (χ4n) is 4.64. The molecule has 1 aliphatic heterocycles. The first-order valence-electron chi connectivity index (χ1n) is 11.6. The van der Waals surface area contributed by atoms with Gasteiger partial charge >= 0.3 is 0 Å². The molecule has 1 heterocycles. The monoisotopic (exact) mass is 497 g/mol. The van der Waals surface area contributed by atoms with E-state index < -0.39 is 21.8 Å². The fraction of sp³-hybridized carbons (Fsp3) is 0.100. The van der Waals surface area contributed by atoms with E-state index in [2.05, 4.69) is 0 Å². The molecule has 4 aromatic carbocycles. The molecule has 1 aliphatic rings. The first-order chi connectivity index (χ1) is 17.4. The van der Waals surface area contributed by atoms with E-state index >= 15 is 0 Å². The summed E-state index contributed by atoms with van der Waals surface area (Å²) in [4.78, 5) is 13.7. The van der Waals surface area contributed by atoms with Gasteiger partial charge in [-0.2, -0.15) is 0 Å². The number of allylic oxidation sites excluding steroid dienone is 1. The van der Waals surface area contributed by atoms with Gasteiger partial charge in [0.25, 0.3) is 10.0 Å². The molecule has 36 heavy (non-hydrogen) atoms. The van der Waals surface area contributed by atoms with Crippen molar-refractivity contribution in [2.45, 2.75) is 10.8 Å². The molecular formula is C30H24FNO3S. The Balaban J connectivity index is 1.69. The number of halogens is 1. The summed E-state index contributed by atoms with van der Waals surface area (Å²) < 4.78 is 42.6. The largest absolute Gasteiger partial charge is 0.294 e. The van der Waals surface area contributed by atoms with Gasteiger partial charge < -0.3 is 0 Å². The Morgan fingerprint density at radius 3 is 1.92 bits per heavy atom. The van der Waals surface area contributed by atoms with Crippen molar-refractivity contribution in [3.63, 3.8) is 0 Å². The van der Waals surface area contributed by atoms with Crippen molar-refractivity contribution in [3.05, 3.63) is 144 Å². The molecule has 2 atom stereocenters. The minimum absolute atomic E-state index is 0.0326. The molecule has 4 nitrogen and oxygen atoms in total. The minimum Gasteiger partial charge on any atom is -0.294 e. The highest BCUT2D eigenvalue weighted by Crippen LogP contribution is 2.41. The summed E-state index contributed by atoms with van der Waals surface area (Å²) in [7, 11) is -4.08. The van der Waals surface area contributed by atoms with E-state index in [-0.39, 0.29) is 23.1 Å². The Hall–Kier alpha value is -4.03. The van der Waals surface area contributed by atoms with Gasteiger partial charge in [0.15, 0.2) is 5.78 Å². The maximum atomic E-state index is 13.9. The van der Waals surface area contributed by atoms with Crippen LogP contribution in [0.25, 0.3) is 5.70 Å². The molecular weight excluding hydrogens is 473 g/mol. The van der Waals surface area contributed by atoms with Crippen LogP contribution in [0, 0.1) is 11.7 Å². The molecule has 2 unspecified atom stereocenters. The van der Waals surface area contributed by atoms with E-state index in [0.717, 1.165) is 23.3 Å². The molecule has 4 aromatic rings. The summed E-state index contributed by atoms with van der Waals surface area (Å²) in [5.74, 6) is -1.65. The van der Waals surface area contributed by atoms with E-state index in [1.54, 1.807) is 24.3 Å². The fourth-order valence-corrected chi connectivity index (χ4v) is 6.15. The number of Topliss-reactive ketones (excluding diaryl/α,β-unsaturated/α-hetero) is 1. The first-order valence-corrected chi connectivity index (χ1v) is 13.1. The number of rotatable bonds is 6. The topological polar surface area (TPSA) is 54.5 Å². The summed E-state index contributed by atoms with van der Waals surface area (Å²) in [6.07, 6.45) is 1.88. The highest BCUT2D eigenvalue weighted by atomic mass is 32.2. The molecule has 5 rings (SSSR count). The number of carbonyl (C=O) groups is 1. The van der Waals surface area contributed by atoms with Gasteiger partial charge in [-0.25, -0.2) is 12.8 Å². The third kappa shape index (κ3) is 4.60. The zero-order valence-electron chi connectivity index (χ0n) is 19.4. The Labute approximate surface area is 210 Å². The zero-order chi connectivity index (χ0) is 25.1. The second-order valence-corrected chi connectivity index (χ2v) is 10.5. The van der Waals surface area contributed by atoms with Crippen LogP contribution in [0.4, 0.5) is 4.39 Å². The second-order valence-electron chi connectivity index (χ2n) is 8.68. The molecule has 6 heteroatoms. The standard InChI is InChI=1S/C30H24FNO3S/c31-25-16-18-26(19-17-25)36(34,35)32-21-28(30(33)24-14-8-3-9-15-24)27(22-10-4-1-5-11-22)20-29(32)23-12-6-2-7-13-23/h1-20,27-28H,21H2. The molecule has 180 valence electrons. The first kappa shape index (κ1) is 23.7. The van der Waals surface area contributed by atoms with Crippen LogP contribution in [0.2, 0.25) is 0 Å². The van der Waals surface area contributed by atoms with Crippen molar-refractivity contribution in [3.8, 4) is 0 Å². The predicted molar refractivity (Wildman–Crippen MR) is 138 cm³/mol. The normalized spacial score (nSPS) is 17.9. The lowest BCUT2D eigenvalue weighted by atomic mass is 9.78. The lowest BCUT2D eigenvalue weighted by Crippen LogP contribution is -2.42. The van der Waals surface area contributed by atoms with Crippen LogP contribution >= 0.6 is 0 Å². The lowest BCUT2D eigenvalue weighted by molar-refractivity contribution is 0.0896. The number of carbonyl (C=O) groups excluding carboxylic acids is 1. The molecule has 0 fully saturated rings. The Morgan fingerprint density at radius 2 is 1.31 bits per heavy atom. The van der Waals surface area contributed by atoms with Gasteiger partial charge in [0, 0.05) is 18.0 Å². The maximum Gasteiger partial charge on any atom is 0.264 e. The second kappa shape index (κ2) is 9.91. The number of hydrogen-bond acceptors (Lipinski definition) is 3. The van der Waals surface area contributed by atoms with Gasteiger partial charge in [0.1, 0.15) is 5.82 Å². The number of ketones is 1. The highest BCUT2D eigenvalue weighted by Gasteiger charge is 2.40. The van der Waals surface area contributed by atoms with Gasteiger partial charge in [-0.3, -0.25) is 9.10 Å². The molecule has 0 aromatic heterocycles. The van der Waals surface area contributed by atoms with Crippen molar-refractivity contribution >= 4 is 21.5 Å². The van der Waals surface area contributed by atoms with Crippen molar-refractivity contribution in [1.29, 1.82) is 0 Å². The summed E-state index contributed by atoms with van der Waals surface area (Å²) in [5.41, 5.74) is 2.67. The van der Waals surface area contributed by atoms with Crippen LogP contribution in [0.1, 0.15) is 27.4 Å². The molecule has 0 N–H and O–H groups in total. The molecule has 0 saturated heterocycles. The molecule has 0 aliphatic carbocycles. The van der Waals surface area contributed by atoms with Crippen molar-refractivity contribution in [1.82, 2.24) is 4.31 Å². The van der Waals surface area contributed by atoms with Crippen molar-refractivity contribution in [2.24, 2.45) is 5.92 Å². The van der Waals surface area contributed by atoms with E-state index in [1.807, 2.05) is 72.8 Å². The predicted octanol–water partition coefficient (Wildman–Crippen LogP) is 6.15. The Morgan fingerprint density at radius 1 is 0.750 bits per heavy atom. The maximum absolute atomic E-state index is 13.9. The zero-order valence-corrected chi connectivity index (χ0v) is 20.2. The van der Waals surface area contributed by atoms with Crippen LogP contribution in [0.15, 0.2) is 126 Å². The lowest BCUT2D eigenvalue weighted by Gasteiger charge is -2.38. The Bertz CT molecular complexity index is 1490. The number of hydrogen-bond donors (Lipinski definition) is 0. The van der Waals surface area contributed by atoms with Gasteiger partial charge in [0.05, 0.1) is 16.5 Å². The molecule has 0 radical (unpaired) electrons. The number of nitrogens with zero attached hydrogens (tertiary/aromatic N) is 1. The summed E-state index contributed by atoms with van der Waals surface area (Å²) in [6, 6.07) is 32.6. The summed E-state index contributed by atoms with van der Waals surface area (Å²) in [5, 5.41) is 0. The summed E-state index contributed by atoms with van der Waals surface area (Å²) >= 11 is 0. The van der Waals surface area contributed by atoms with E-state index in [0.29, 0.717) is 11.3 Å². The third-order valence-electron chi connectivity index (χ3n) is 6.45. The van der Waals surface area contributed by atoms with Crippen LogP contribution in [-0.4, -0.2) is 25.1 Å². The Kier molecular flexibility index (Phi) is 6.53. The molecule has 0 amide bonds. The van der Waals surface area contributed by atoms with Gasteiger partial charge in [-0.05, 0) is 35.4 Å². The van der Waals surface area contributed by atoms with Crippen LogP contribution in [0.5, 0.6) is 0 Å². The summed E-state index contributed by atoms with van der Waals surface area (Å²) in [6.45, 7) is -0.0479. The molecule has 0 bridgehead atoms. The van der Waals surface area contributed by atoms with E-state index in [4.69, 9.17) is 0 Å². The van der Waals surface area contributed by atoms with Crippen molar-refractivity contribution in [2.75, 3.05) is 6.54 Å². The molecule has 0 saturated carbocycles. The number of sulfonamides is 1. The number of benzene rings is 4. The van der Waals surface area contributed by atoms with Crippen LogP contribution < -0.4 is 0 Å². The quantitative estimate of drug-likeness (QED) is 0.300. The average molecular weight is 498 g/mol. The smallest absolute Gasteiger partial charge is 0.264 e. The highest BCUT2D eigenvalue weighted by molar-refractivity contribution is 7.89. The SMILES string of the molecule is O=C(c1ccccc1)C1CN(S(=O)(=O)c2ccc(F)cc2)C(c2ccccc2)=CC1c1ccccc1. The van der Waals surface area contributed by atoms with E-state index in [9.17, 15) is 17.6 Å². The van der Waals surface area contributed by atoms with Gasteiger partial charge in [-0.1, -0.05) is 97.1 Å². The minimum atomic E-state index is -4.08. The van der Waals surface area contributed by atoms with Gasteiger partial charge in [-0.15, -0.1) is 0 Å². The molecule has 0 spiro atoms. The van der Waals surface area contributed by atoms with Crippen LogP contribution in [0.3, 0.4) is 0 Å². The van der Waals surface area contributed by atoms with Crippen LogP contribution in [-0.2, 0) is 10.0 Å². The van der Waals surface area contributed by atoms with Gasteiger partial charge in [0.2, 0.25) is 0 Å². The average Bonchev–Trinajstić information content (AvgIpc) is 2.93. The third-order valence-corrected chi connectivity index (χ3v) is 8.25.